The minimum atomic E-state index is -3.88. The molecule has 8 heteroatoms. The number of sulfonamides is 1. The lowest BCUT2D eigenvalue weighted by Gasteiger charge is -2.36. The van der Waals surface area contributed by atoms with E-state index in [-0.39, 0.29) is 10.9 Å². The van der Waals surface area contributed by atoms with E-state index in [0.29, 0.717) is 36.0 Å². The van der Waals surface area contributed by atoms with Crippen molar-refractivity contribution < 1.29 is 13.2 Å². The van der Waals surface area contributed by atoms with Crippen LogP contribution < -0.4 is 9.62 Å². The van der Waals surface area contributed by atoms with Crippen molar-refractivity contribution in [3.63, 3.8) is 0 Å². The largest absolute Gasteiger partial charge is 0.324 e. The first-order chi connectivity index (χ1) is 15.7. The fraction of sp³-hybridized carbons (Fsp3) is 0.240. The number of hydrogen-bond donors (Lipinski definition) is 1. The van der Waals surface area contributed by atoms with Crippen LogP contribution in [0.3, 0.4) is 0 Å². The normalized spacial score (nSPS) is 14.5. The smallest absolute Gasteiger partial charge is 0.320 e. The molecule has 6 nitrogen and oxygen atoms in total. The van der Waals surface area contributed by atoms with E-state index in [4.69, 9.17) is 11.6 Å². The summed E-state index contributed by atoms with van der Waals surface area (Å²) in [7, 11) is -3.88. The molecule has 0 saturated carbocycles. The molecule has 1 N–H and O–H groups in total. The number of benzene rings is 3. The summed E-state index contributed by atoms with van der Waals surface area (Å²) >= 11 is 5.99. The standard InChI is InChI=1S/C25H26ClN3O3S/c1-18-11-12-24(23(15-18)27-33(31,32)22-10-5-9-21(26)16-22)29-14-6-13-28(25(29)30)17-20-8-4-3-7-19(20)2/h3-5,7-12,15-16,27H,6,13-14,17H2,1-2H3. The Kier molecular flexibility index (Phi) is 6.63. The molecule has 0 aliphatic carbocycles. The van der Waals surface area contributed by atoms with Crippen molar-refractivity contribution in [1.82, 2.24) is 4.90 Å². The van der Waals surface area contributed by atoms with Gasteiger partial charge in [0.25, 0.3) is 10.0 Å². The summed E-state index contributed by atoms with van der Waals surface area (Å²) in [6.07, 6.45) is 0.784. The van der Waals surface area contributed by atoms with Gasteiger partial charge in [-0.25, -0.2) is 13.2 Å². The fourth-order valence-electron chi connectivity index (χ4n) is 3.95. The summed E-state index contributed by atoms with van der Waals surface area (Å²) in [5, 5.41) is 0.334. The van der Waals surface area contributed by atoms with Gasteiger partial charge in [0.15, 0.2) is 0 Å². The molecule has 0 unspecified atom stereocenters. The molecule has 0 radical (unpaired) electrons. The van der Waals surface area contributed by atoms with E-state index in [1.165, 1.54) is 12.1 Å². The Balaban J connectivity index is 1.64. The fourth-order valence-corrected chi connectivity index (χ4v) is 5.32. The summed E-state index contributed by atoms with van der Waals surface area (Å²) < 4.78 is 28.7. The van der Waals surface area contributed by atoms with Crippen molar-refractivity contribution in [3.8, 4) is 0 Å². The monoisotopic (exact) mass is 483 g/mol. The van der Waals surface area contributed by atoms with Crippen LogP contribution >= 0.6 is 11.6 Å². The molecule has 172 valence electrons. The average molecular weight is 484 g/mol. The zero-order valence-corrected chi connectivity index (χ0v) is 20.2. The second-order valence-corrected chi connectivity index (χ2v) is 10.3. The molecule has 1 fully saturated rings. The van der Waals surface area contributed by atoms with Crippen LogP contribution in [0.15, 0.2) is 71.6 Å². The van der Waals surface area contributed by atoms with Crippen LogP contribution in [-0.4, -0.2) is 32.4 Å². The lowest BCUT2D eigenvalue weighted by molar-refractivity contribution is 0.192. The molecule has 0 bridgehead atoms. The van der Waals surface area contributed by atoms with E-state index in [9.17, 15) is 13.2 Å². The first-order valence-corrected chi connectivity index (χ1v) is 12.6. The van der Waals surface area contributed by atoms with Crippen LogP contribution in [0, 0.1) is 13.8 Å². The molecular formula is C25H26ClN3O3S. The van der Waals surface area contributed by atoms with Crippen LogP contribution in [0.4, 0.5) is 16.2 Å². The van der Waals surface area contributed by atoms with Gasteiger partial charge in [0.1, 0.15) is 0 Å². The maximum atomic E-state index is 13.4. The summed E-state index contributed by atoms with van der Waals surface area (Å²) in [4.78, 5) is 16.9. The molecule has 1 aliphatic rings. The van der Waals surface area contributed by atoms with Crippen LogP contribution in [-0.2, 0) is 16.6 Å². The predicted molar refractivity (Wildman–Crippen MR) is 132 cm³/mol. The highest BCUT2D eigenvalue weighted by molar-refractivity contribution is 7.92. The topological polar surface area (TPSA) is 69.7 Å². The number of carbonyl (C=O) groups is 1. The number of amides is 2. The highest BCUT2D eigenvalue weighted by Crippen LogP contribution is 2.32. The number of halogens is 1. The molecule has 4 rings (SSSR count). The van der Waals surface area contributed by atoms with E-state index in [2.05, 4.69) is 4.72 Å². The third kappa shape index (κ3) is 5.15. The van der Waals surface area contributed by atoms with E-state index in [1.807, 2.05) is 44.2 Å². The third-order valence-electron chi connectivity index (χ3n) is 5.73. The number of urea groups is 1. The number of rotatable bonds is 6. The molecule has 3 aromatic rings. The molecule has 0 spiro atoms. The summed E-state index contributed by atoms with van der Waals surface area (Å²) in [6, 6.07) is 19.4. The lowest BCUT2D eigenvalue weighted by atomic mass is 10.1. The maximum absolute atomic E-state index is 13.4. The summed E-state index contributed by atoms with van der Waals surface area (Å²) in [6.45, 7) is 5.59. The van der Waals surface area contributed by atoms with Crippen molar-refractivity contribution >= 4 is 39.0 Å². The van der Waals surface area contributed by atoms with Crippen molar-refractivity contribution in [1.29, 1.82) is 0 Å². The van der Waals surface area contributed by atoms with Crippen molar-refractivity contribution in [3.05, 3.63) is 88.4 Å². The quantitative estimate of drug-likeness (QED) is 0.496. The van der Waals surface area contributed by atoms with E-state index in [1.54, 1.807) is 34.1 Å². The van der Waals surface area contributed by atoms with Gasteiger partial charge in [-0.05, 0) is 67.3 Å². The first kappa shape index (κ1) is 23.1. The number of carbonyl (C=O) groups excluding carboxylic acids is 1. The van der Waals surface area contributed by atoms with Crippen molar-refractivity contribution in [2.75, 3.05) is 22.7 Å². The van der Waals surface area contributed by atoms with E-state index in [0.717, 1.165) is 23.1 Å². The first-order valence-electron chi connectivity index (χ1n) is 10.7. The second-order valence-electron chi connectivity index (χ2n) is 8.22. The Hall–Kier alpha value is -3.03. The van der Waals surface area contributed by atoms with Crippen LogP contribution in [0.2, 0.25) is 5.02 Å². The highest BCUT2D eigenvalue weighted by atomic mass is 35.5. The minimum absolute atomic E-state index is 0.0635. The van der Waals surface area contributed by atoms with Gasteiger partial charge in [-0.3, -0.25) is 9.62 Å². The minimum Gasteiger partial charge on any atom is -0.320 e. The van der Waals surface area contributed by atoms with E-state index < -0.39 is 10.0 Å². The second kappa shape index (κ2) is 9.45. The van der Waals surface area contributed by atoms with Gasteiger partial charge in [0.05, 0.1) is 16.3 Å². The summed E-state index contributed by atoms with van der Waals surface area (Å²) in [5.74, 6) is 0. The maximum Gasteiger partial charge on any atom is 0.324 e. The van der Waals surface area contributed by atoms with Gasteiger partial charge >= 0.3 is 6.03 Å². The number of nitrogens with zero attached hydrogens (tertiary/aromatic N) is 2. The molecule has 0 atom stereocenters. The SMILES string of the molecule is Cc1ccc(N2CCCN(Cc3ccccc3C)C2=O)c(NS(=O)(=O)c2cccc(Cl)c2)c1. The van der Waals surface area contributed by atoms with Crippen LogP contribution in [0.1, 0.15) is 23.1 Å². The number of aryl methyl sites for hydroxylation is 2. The Morgan fingerprint density at radius 2 is 1.76 bits per heavy atom. The van der Waals surface area contributed by atoms with Gasteiger partial charge < -0.3 is 4.90 Å². The predicted octanol–water partition coefficient (Wildman–Crippen LogP) is 5.59. The van der Waals surface area contributed by atoms with Gasteiger partial charge in [-0.2, -0.15) is 0 Å². The molecular weight excluding hydrogens is 458 g/mol. The van der Waals surface area contributed by atoms with Gasteiger partial charge in [0, 0.05) is 24.7 Å². The molecule has 1 saturated heterocycles. The highest BCUT2D eigenvalue weighted by Gasteiger charge is 2.29. The number of anilines is 2. The number of hydrogen-bond acceptors (Lipinski definition) is 3. The van der Waals surface area contributed by atoms with Crippen LogP contribution in [0.25, 0.3) is 0 Å². The lowest BCUT2D eigenvalue weighted by Crippen LogP contribution is -2.49. The van der Waals surface area contributed by atoms with E-state index >= 15 is 0 Å². The molecule has 3 aromatic carbocycles. The van der Waals surface area contributed by atoms with Crippen molar-refractivity contribution in [2.45, 2.75) is 31.7 Å². The molecule has 0 aromatic heterocycles. The molecule has 1 aliphatic heterocycles. The zero-order valence-electron chi connectivity index (χ0n) is 18.6. The number of nitrogens with one attached hydrogen (secondary N) is 1. The molecule has 33 heavy (non-hydrogen) atoms. The molecule has 2 amide bonds. The Labute approximate surface area is 199 Å². The Morgan fingerprint density at radius 1 is 0.970 bits per heavy atom. The summed E-state index contributed by atoms with van der Waals surface area (Å²) in [5.41, 5.74) is 4.00. The average Bonchev–Trinajstić information content (AvgIpc) is 2.77. The Morgan fingerprint density at radius 3 is 2.52 bits per heavy atom. The zero-order chi connectivity index (χ0) is 23.6. The van der Waals surface area contributed by atoms with Gasteiger partial charge in [-0.1, -0.05) is 48.0 Å². The van der Waals surface area contributed by atoms with Gasteiger partial charge in [0.2, 0.25) is 0 Å². The van der Waals surface area contributed by atoms with Crippen LogP contribution in [0.5, 0.6) is 0 Å². The Bertz CT molecular complexity index is 1290. The molecule has 1 heterocycles. The van der Waals surface area contributed by atoms with Crippen molar-refractivity contribution in [2.24, 2.45) is 0 Å². The van der Waals surface area contributed by atoms with Gasteiger partial charge in [-0.15, -0.1) is 0 Å². The third-order valence-corrected chi connectivity index (χ3v) is 7.33.